The van der Waals surface area contributed by atoms with Gasteiger partial charge >= 0.3 is 0 Å². The molecule has 0 aliphatic rings. The Kier molecular flexibility index (Phi) is 3.90. The molecule has 0 bridgehead atoms. The molecule has 0 spiro atoms. The number of halogens is 1. The number of carbonyl (C=O) groups excluding carboxylic acids is 1. The van der Waals surface area contributed by atoms with Gasteiger partial charge in [-0.2, -0.15) is 0 Å². The van der Waals surface area contributed by atoms with Crippen molar-refractivity contribution in [3.8, 4) is 0 Å². The summed E-state index contributed by atoms with van der Waals surface area (Å²) in [5, 5.41) is 13.5. The van der Waals surface area contributed by atoms with E-state index < -0.39 is 10.8 Å². The predicted molar refractivity (Wildman–Crippen MR) is 72.8 cm³/mol. The van der Waals surface area contributed by atoms with Crippen LogP contribution < -0.4 is 5.32 Å². The number of hydrogen-bond acceptors (Lipinski definition) is 5. The Balaban J connectivity index is 2.26. The molecule has 0 fully saturated rings. The SMILES string of the molecule is Cc1c(NC(=O)c2cnc(Cl)cn2)cccc1[N+](=O)[O-]. The van der Waals surface area contributed by atoms with Crippen molar-refractivity contribution in [1.82, 2.24) is 9.97 Å². The molecule has 0 radical (unpaired) electrons. The maximum atomic E-state index is 11.9. The fourth-order valence-electron chi connectivity index (χ4n) is 1.57. The van der Waals surface area contributed by atoms with Gasteiger partial charge in [0.15, 0.2) is 0 Å². The first-order valence-electron chi connectivity index (χ1n) is 5.52. The lowest BCUT2D eigenvalue weighted by atomic mass is 10.1. The fraction of sp³-hybridized carbons (Fsp3) is 0.0833. The van der Waals surface area contributed by atoms with Crippen molar-refractivity contribution in [3.63, 3.8) is 0 Å². The summed E-state index contributed by atoms with van der Waals surface area (Å²) in [4.78, 5) is 29.8. The van der Waals surface area contributed by atoms with Crippen LogP contribution in [-0.4, -0.2) is 20.8 Å². The number of aromatic nitrogens is 2. The fourth-order valence-corrected chi connectivity index (χ4v) is 1.67. The van der Waals surface area contributed by atoms with Gasteiger partial charge in [-0.05, 0) is 13.0 Å². The van der Waals surface area contributed by atoms with Gasteiger partial charge in [0.1, 0.15) is 10.8 Å². The van der Waals surface area contributed by atoms with Crippen molar-refractivity contribution in [1.29, 1.82) is 0 Å². The van der Waals surface area contributed by atoms with Gasteiger partial charge in [-0.1, -0.05) is 17.7 Å². The molecule has 0 unspecified atom stereocenters. The van der Waals surface area contributed by atoms with Crippen LogP contribution in [0.2, 0.25) is 5.15 Å². The highest BCUT2D eigenvalue weighted by molar-refractivity contribution is 6.29. The third-order valence-electron chi connectivity index (χ3n) is 2.60. The molecule has 1 amide bonds. The summed E-state index contributed by atoms with van der Waals surface area (Å²) in [5.74, 6) is -0.516. The van der Waals surface area contributed by atoms with E-state index in [4.69, 9.17) is 11.6 Å². The Morgan fingerprint density at radius 1 is 1.35 bits per heavy atom. The van der Waals surface area contributed by atoms with Crippen LogP contribution in [0.4, 0.5) is 11.4 Å². The normalized spacial score (nSPS) is 10.1. The lowest BCUT2D eigenvalue weighted by Crippen LogP contribution is -2.15. The smallest absolute Gasteiger partial charge is 0.275 e. The predicted octanol–water partition coefficient (Wildman–Crippen LogP) is 2.60. The Morgan fingerprint density at radius 2 is 2.10 bits per heavy atom. The van der Waals surface area contributed by atoms with Crippen LogP contribution in [0, 0.1) is 17.0 Å². The second kappa shape index (κ2) is 5.62. The Labute approximate surface area is 118 Å². The molecule has 2 aromatic rings. The van der Waals surface area contributed by atoms with Crippen molar-refractivity contribution < 1.29 is 9.72 Å². The molecule has 2 rings (SSSR count). The van der Waals surface area contributed by atoms with E-state index in [-0.39, 0.29) is 16.5 Å². The van der Waals surface area contributed by atoms with Crippen LogP contribution in [0.5, 0.6) is 0 Å². The largest absolute Gasteiger partial charge is 0.320 e. The zero-order chi connectivity index (χ0) is 14.7. The summed E-state index contributed by atoms with van der Waals surface area (Å²) >= 11 is 5.58. The van der Waals surface area contributed by atoms with E-state index in [0.29, 0.717) is 11.3 Å². The average molecular weight is 293 g/mol. The van der Waals surface area contributed by atoms with Gasteiger partial charge in [-0.3, -0.25) is 14.9 Å². The molecule has 7 nitrogen and oxygen atoms in total. The minimum absolute atomic E-state index is 0.0648. The Morgan fingerprint density at radius 3 is 2.70 bits per heavy atom. The van der Waals surface area contributed by atoms with Gasteiger partial charge in [-0.15, -0.1) is 0 Å². The number of nitrogens with one attached hydrogen (secondary N) is 1. The van der Waals surface area contributed by atoms with Gasteiger partial charge in [-0.25, -0.2) is 9.97 Å². The number of anilines is 1. The van der Waals surface area contributed by atoms with Gasteiger partial charge < -0.3 is 5.32 Å². The topological polar surface area (TPSA) is 98.0 Å². The first kappa shape index (κ1) is 13.9. The van der Waals surface area contributed by atoms with Crippen LogP contribution in [-0.2, 0) is 0 Å². The maximum Gasteiger partial charge on any atom is 0.275 e. The summed E-state index contributed by atoms with van der Waals surface area (Å²) in [5.41, 5.74) is 0.721. The number of hydrogen-bond donors (Lipinski definition) is 1. The van der Waals surface area contributed by atoms with Crippen molar-refractivity contribution in [2.75, 3.05) is 5.32 Å². The molecule has 0 saturated carbocycles. The summed E-state index contributed by atoms with van der Waals surface area (Å²) in [6.07, 6.45) is 2.47. The summed E-state index contributed by atoms with van der Waals surface area (Å²) in [6.45, 7) is 1.56. The van der Waals surface area contributed by atoms with Crippen LogP contribution in [0.1, 0.15) is 16.1 Å². The van der Waals surface area contributed by atoms with Crippen molar-refractivity contribution >= 4 is 28.9 Å². The monoisotopic (exact) mass is 292 g/mol. The third-order valence-corrected chi connectivity index (χ3v) is 2.80. The van der Waals surface area contributed by atoms with E-state index in [1.165, 1.54) is 24.5 Å². The van der Waals surface area contributed by atoms with E-state index in [2.05, 4.69) is 15.3 Å². The van der Waals surface area contributed by atoms with E-state index in [9.17, 15) is 14.9 Å². The lowest BCUT2D eigenvalue weighted by Gasteiger charge is -2.07. The second-order valence-corrected chi connectivity index (χ2v) is 4.27. The summed E-state index contributed by atoms with van der Waals surface area (Å²) in [7, 11) is 0. The van der Waals surface area contributed by atoms with Gasteiger partial charge in [0.05, 0.1) is 28.6 Å². The van der Waals surface area contributed by atoms with Crippen LogP contribution in [0.15, 0.2) is 30.6 Å². The number of benzene rings is 1. The molecular weight excluding hydrogens is 284 g/mol. The number of nitrogens with zero attached hydrogens (tertiary/aromatic N) is 3. The van der Waals surface area contributed by atoms with Gasteiger partial charge in [0.25, 0.3) is 11.6 Å². The minimum atomic E-state index is -0.516. The summed E-state index contributed by atoms with van der Waals surface area (Å²) < 4.78 is 0. The van der Waals surface area contributed by atoms with Crippen molar-refractivity contribution in [3.05, 3.63) is 57.1 Å². The molecule has 1 N–H and O–H groups in total. The molecule has 8 heteroatoms. The number of nitro groups is 1. The van der Waals surface area contributed by atoms with Gasteiger partial charge in [0, 0.05) is 6.07 Å². The highest BCUT2D eigenvalue weighted by Crippen LogP contribution is 2.25. The van der Waals surface area contributed by atoms with E-state index in [0.717, 1.165) is 0 Å². The molecule has 1 heterocycles. The first-order valence-corrected chi connectivity index (χ1v) is 5.89. The average Bonchev–Trinajstić information content (AvgIpc) is 2.41. The van der Waals surface area contributed by atoms with Crippen LogP contribution in [0.3, 0.4) is 0 Å². The molecule has 0 aliphatic carbocycles. The number of carbonyl (C=O) groups is 1. The van der Waals surface area contributed by atoms with Gasteiger partial charge in [0.2, 0.25) is 0 Å². The molecular formula is C12H9ClN4O3. The number of rotatable bonds is 3. The molecule has 0 saturated heterocycles. The zero-order valence-corrected chi connectivity index (χ0v) is 11.1. The highest BCUT2D eigenvalue weighted by Gasteiger charge is 2.16. The standard InChI is InChI=1S/C12H9ClN4O3/c1-7-8(3-2-4-10(7)17(19)20)16-12(18)9-5-15-11(13)6-14-9/h2-6H,1H3,(H,16,18). The molecule has 0 atom stereocenters. The van der Waals surface area contributed by atoms with E-state index in [1.54, 1.807) is 13.0 Å². The van der Waals surface area contributed by atoms with Crippen LogP contribution in [0.25, 0.3) is 0 Å². The molecule has 20 heavy (non-hydrogen) atoms. The molecule has 1 aromatic carbocycles. The minimum Gasteiger partial charge on any atom is -0.320 e. The third kappa shape index (κ3) is 2.89. The van der Waals surface area contributed by atoms with E-state index >= 15 is 0 Å². The van der Waals surface area contributed by atoms with E-state index in [1.807, 2.05) is 0 Å². The lowest BCUT2D eigenvalue weighted by molar-refractivity contribution is -0.385. The second-order valence-electron chi connectivity index (χ2n) is 3.89. The highest BCUT2D eigenvalue weighted by atomic mass is 35.5. The van der Waals surface area contributed by atoms with Crippen LogP contribution >= 0.6 is 11.6 Å². The Bertz CT molecular complexity index is 673. The molecule has 0 aliphatic heterocycles. The Hall–Kier alpha value is -2.54. The summed E-state index contributed by atoms with van der Waals surface area (Å²) in [6, 6.07) is 4.44. The first-order chi connectivity index (χ1) is 9.49. The molecule has 1 aromatic heterocycles. The number of nitro benzene ring substituents is 1. The maximum absolute atomic E-state index is 11.9. The number of amides is 1. The quantitative estimate of drug-likeness (QED) is 0.692. The zero-order valence-electron chi connectivity index (χ0n) is 10.3. The molecule has 102 valence electrons. The van der Waals surface area contributed by atoms with Crippen molar-refractivity contribution in [2.24, 2.45) is 0 Å². The van der Waals surface area contributed by atoms with Crippen molar-refractivity contribution in [2.45, 2.75) is 6.92 Å².